The van der Waals surface area contributed by atoms with Gasteiger partial charge in [-0.2, -0.15) is 0 Å². The van der Waals surface area contributed by atoms with Crippen molar-refractivity contribution >= 4 is 21.9 Å². The molecule has 0 aliphatic carbocycles. The van der Waals surface area contributed by atoms with Gasteiger partial charge in [0.2, 0.25) is 0 Å². The summed E-state index contributed by atoms with van der Waals surface area (Å²) in [6.07, 6.45) is 10.5. The molecule has 0 bridgehead atoms. The van der Waals surface area contributed by atoms with Crippen LogP contribution < -0.4 is 0 Å². The maximum atomic E-state index is 10.6. The molecule has 0 amide bonds. The van der Waals surface area contributed by atoms with Crippen LogP contribution in [0.15, 0.2) is 0 Å². The molecule has 0 saturated carbocycles. The third-order valence-corrected chi connectivity index (χ3v) is 4.09. The average Bonchev–Trinajstić information content (AvgIpc) is 2.46. The molecule has 0 aromatic carbocycles. The number of carboxylic acids is 1. The van der Waals surface area contributed by atoms with E-state index < -0.39 is 10.8 Å². The van der Waals surface area contributed by atoms with Crippen molar-refractivity contribution in [2.24, 2.45) is 0 Å². The molecule has 0 saturated heterocycles. The van der Waals surface area contributed by atoms with Crippen molar-refractivity contribution in [1.82, 2.24) is 0 Å². The van der Waals surface area contributed by atoms with Gasteiger partial charge in [-0.05, 0) is 6.42 Å². The summed E-state index contributed by atoms with van der Waals surface area (Å²) in [6.45, 7) is 2.18. The van der Waals surface area contributed by atoms with Crippen molar-refractivity contribution < 1.29 is 12.6 Å². The second-order valence-electron chi connectivity index (χ2n) is 5.12. The van der Waals surface area contributed by atoms with Crippen LogP contribution in [-0.2, 0) is 4.79 Å². The predicted molar refractivity (Wildman–Crippen MR) is 86.0 cm³/mol. The molecule has 0 heterocycles. The Morgan fingerprint density at radius 1 is 1.00 bits per heavy atom. The summed E-state index contributed by atoms with van der Waals surface area (Å²) in [4.78, 5) is 10.2. The van der Waals surface area contributed by atoms with Gasteiger partial charge >= 0.3 is 5.97 Å². The molecule has 1 N–H and O–H groups in total. The van der Waals surface area contributed by atoms with Gasteiger partial charge in [-0.25, -0.2) is 0 Å². The molecule has 0 spiro atoms. The summed E-state index contributed by atoms with van der Waals surface area (Å²) in [5, 5.41) is 8.73. The fourth-order valence-corrected chi connectivity index (χ4v) is 2.31. The van der Waals surface area contributed by atoms with Crippen molar-refractivity contribution in [3.05, 3.63) is 0 Å². The van der Waals surface area contributed by atoms with Crippen molar-refractivity contribution in [2.45, 2.75) is 95.2 Å². The Morgan fingerprint density at radius 2 is 1.47 bits per heavy atom. The van der Waals surface area contributed by atoms with Gasteiger partial charge in [-0.1, -0.05) is 99.9 Å². The maximum absolute atomic E-state index is 10.6. The van der Waals surface area contributed by atoms with E-state index >= 15 is 0 Å². The zero-order chi connectivity index (χ0) is 16.1. The molecule has 3 heteroatoms. The van der Waals surface area contributed by atoms with E-state index in [0.717, 1.165) is 44.9 Å². The number of unbranched alkanes of at least 4 members (excludes halogenated alkanes) is 6. The van der Waals surface area contributed by atoms with E-state index in [1.807, 2.05) is 0 Å². The van der Waals surface area contributed by atoms with E-state index in [0.29, 0.717) is 6.42 Å². The van der Waals surface area contributed by atoms with Crippen LogP contribution in [0.3, 0.4) is 0 Å². The van der Waals surface area contributed by atoms with Crippen molar-refractivity contribution in [2.75, 3.05) is 0 Å². The Bertz CT molecular complexity index is 265. The largest absolute Gasteiger partial charge is 0.480 e. The van der Waals surface area contributed by atoms with Crippen LogP contribution in [-0.4, -0.2) is 15.9 Å². The van der Waals surface area contributed by atoms with Gasteiger partial charge in [0.15, 0.2) is 0 Å². The van der Waals surface area contributed by atoms with Gasteiger partial charge < -0.3 is 5.11 Å². The minimum Gasteiger partial charge on any atom is -0.480 e. The number of alkyl halides is 1. The minimum absolute atomic E-state index is 0.235. The van der Waals surface area contributed by atoms with Crippen LogP contribution in [0.1, 0.15) is 93.1 Å². The zero-order valence-corrected chi connectivity index (χ0v) is 13.8. The molecule has 0 radical (unpaired) electrons. The van der Waals surface area contributed by atoms with E-state index in [1.54, 1.807) is 0 Å². The van der Waals surface area contributed by atoms with Crippen molar-refractivity contribution in [3.63, 3.8) is 0 Å². The molecule has 0 aliphatic rings. The molecular formula is C16H31BrO2. The highest BCUT2D eigenvalue weighted by atomic mass is 79.9. The topological polar surface area (TPSA) is 37.3 Å². The first-order chi connectivity index (χ1) is 9.99. The molecule has 0 aromatic heterocycles. The Kier molecular flexibility index (Phi) is 11.6. The van der Waals surface area contributed by atoms with E-state index in [9.17, 15) is 4.79 Å². The van der Waals surface area contributed by atoms with Gasteiger partial charge in [0, 0.05) is 2.74 Å². The molecule has 2 nitrogen and oxygen atoms in total. The third kappa shape index (κ3) is 14.2. The second kappa shape index (κ2) is 14.4. The Hall–Kier alpha value is -0.0500. The summed E-state index contributed by atoms with van der Waals surface area (Å²) >= 11 is 3.13. The van der Waals surface area contributed by atoms with Gasteiger partial charge in [-0.3, -0.25) is 4.79 Å². The monoisotopic (exact) mass is 338 g/mol. The highest BCUT2D eigenvalue weighted by molar-refractivity contribution is 9.10. The van der Waals surface area contributed by atoms with Gasteiger partial charge in [0.25, 0.3) is 0 Å². The number of hydrogen-bond acceptors (Lipinski definition) is 1. The Labute approximate surface area is 130 Å². The van der Waals surface area contributed by atoms with Gasteiger partial charge in [-0.15, -0.1) is 0 Å². The van der Waals surface area contributed by atoms with Crippen LogP contribution in [0, 0.1) is 0 Å². The van der Waals surface area contributed by atoms with E-state index in [-0.39, 0.29) is 12.8 Å². The maximum Gasteiger partial charge on any atom is 0.317 e. The van der Waals surface area contributed by atoms with Crippen LogP contribution in [0.4, 0.5) is 0 Å². The number of carbonyl (C=O) groups is 1. The summed E-state index contributed by atoms with van der Waals surface area (Å²) in [7, 11) is 0. The zero-order valence-electron chi connectivity index (χ0n) is 14.2. The number of aliphatic carboxylic acids is 1. The first-order valence-electron chi connectivity index (χ1n) is 8.85. The van der Waals surface area contributed by atoms with Crippen LogP contribution in [0.25, 0.3) is 0 Å². The normalized spacial score (nSPS) is 17.4. The summed E-state index contributed by atoms with van der Waals surface area (Å²) in [6, 6.07) is 0. The number of rotatable bonds is 14. The quantitative estimate of drug-likeness (QED) is 0.315. The second-order valence-corrected chi connectivity index (χ2v) is 6.22. The Morgan fingerprint density at radius 3 is 2.00 bits per heavy atom. The lowest BCUT2D eigenvalue weighted by atomic mass is 10.0. The van der Waals surface area contributed by atoms with Crippen LogP contribution in [0.2, 0.25) is 0 Å². The van der Waals surface area contributed by atoms with E-state index in [2.05, 4.69) is 22.9 Å². The van der Waals surface area contributed by atoms with Crippen LogP contribution in [0.5, 0.6) is 0 Å². The first kappa shape index (κ1) is 15.3. The highest BCUT2D eigenvalue weighted by Crippen LogP contribution is 2.15. The molecular weight excluding hydrogens is 304 g/mol. The number of carboxylic acid groups (broad SMARTS) is 1. The molecule has 0 rings (SSSR count). The van der Waals surface area contributed by atoms with Gasteiger partial charge in [0.1, 0.15) is 4.83 Å². The predicted octanol–water partition coefficient (Wildman–Crippen LogP) is 5.93. The summed E-state index contributed by atoms with van der Waals surface area (Å²) < 4.78 is 16.0. The molecule has 0 fully saturated rings. The summed E-state index contributed by atoms with van der Waals surface area (Å²) in [5.74, 6) is -0.790. The Balaban J connectivity index is 3.47. The molecule has 3 atom stereocenters. The standard InChI is InChI=1S/C16H31BrO2/c1-2-3-4-5-6-7-8-9-10-11-12-13-14-15(17)16(18)19/h15H,2-14H2,1H3,(H,18,19)/t15-/m1/s1/i7T,8T/t7?,8?,15-. The van der Waals surface area contributed by atoms with E-state index in [4.69, 9.17) is 7.85 Å². The smallest absolute Gasteiger partial charge is 0.317 e. The lowest BCUT2D eigenvalue weighted by Crippen LogP contribution is -2.11. The first-order valence-corrected chi connectivity index (χ1v) is 8.62. The average molecular weight is 339 g/mol. The highest BCUT2D eigenvalue weighted by Gasteiger charge is 2.11. The van der Waals surface area contributed by atoms with Crippen molar-refractivity contribution in [3.8, 4) is 0 Å². The molecule has 19 heavy (non-hydrogen) atoms. The molecule has 0 aromatic rings. The minimum atomic E-state index is -0.790. The number of halogens is 1. The molecule has 2 unspecified atom stereocenters. The SMILES string of the molecule is [3H]C(CCCCCC)C([3H])CCCCCC[C@@H](Br)C(=O)O. The lowest BCUT2D eigenvalue weighted by molar-refractivity contribution is -0.136. The fourth-order valence-electron chi connectivity index (χ4n) is 1.99. The van der Waals surface area contributed by atoms with Crippen LogP contribution >= 0.6 is 15.9 Å². The molecule has 0 aliphatic heterocycles. The third-order valence-electron chi connectivity index (χ3n) is 3.24. The lowest BCUT2D eigenvalue weighted by Gasteiger charge is -2.04. The summed E-state index contributed by atoms with van der Waals surface area (Å²) in [5.41, 5.74) is 0. The molecule has 114 valence electrons. The number of hydrogen-bond donors (Lipinski definition) is 1. The van der Waals surface area contributed by atoms with Crippen molar-refractivity contribution in [1.29, 1.82) is 0 Å². The van der Waals surface area contributed by atoms with Gasteiger partial charge in [0.05, 0.1) is 0 Å². The van der Waals surface area contributed by atoms with E-state index in [1.165, 1.54) is 19.3 Å². The fraction of sp³-hybridized carbons (Fsp3) is 0.938.